The van der Waals surface area contributed by atoms with Gasteiger partial charge >= 0.3 is 0 Å². The maximum Gasteiger partial charge on any atom is 0.0685 e. The summed E-state index contributed by atoms with van der Waals surface area (Å²) in [5.41, 5.74) is 1.59. The average Bonchev–Trinajstić information content (AvgIpc) is 2.93. The van der Waals surface area contributed by atoms with Crippen LogP contribution >= 0.6 is 0 Å². The van der Waals surface area contributed by atoms with Crippen LogP contribution in [0.15, 0.2) is 30.3 Å². The fourth-order valence-corrected chi connectivity index (χ4v) is 4.18. The van der Waals surface area contributed by atoms with Gasteiger partial charge in [0.15, 0.2) is 0 Å². The van der Waals surface area contributed by atoms with Gasteiger partial charge in [0.1, 0.15) is 0 Å². The summed E-state index contributed by atoms with van der Waals surface area (Å²) >= 11 is 0. The van der Waals surface area contributed by atoms with Crippen molar-refractivity contribution in [2.45, 2.75) is 44.9 Å². The van der Waals surface area contributed by atoms with Crippen molar-refractivity contribution in [3.8, 4) is 0 Å². The van der Waals surface area contributed by atoms with Crippen molar-refractivity contribution in [3.63, 3.8) is 0 Å². The summed E-state index contributed by atoms with van der Waals surface area (Å²) < 4.78 is 11.3. The SMILES string of the molecule is COC[C@H](Cc1ccccc1)N[C@@H]1[C@@H]2CCO[C@@H]2C1(C)C. The zero-order valence-corrected chi connectivity index (χ0v) is 13.3. The molecule has 1 aliphatic heterocycles. The highest BCUT2D eigenvalue weighted by atomic mass is 16.5. The highest BCUT2D eigenvalue weighted by molar-refractivity contribution is 5.17. The van der Waals surface area contributed by atoms with Crippen molar-refractivity contribution in [1.29, 1.82) is 0 Å². The summed E-state index contributed by atoms with van der Waals surface area (Å²) in [4.78, 5) is 0. The molecule has 4 atom stereocenters. The summed E-state index contributed by atoms with van der Waals surface area (Å²) in [6.45, 7) is 6.32. The minimum absolute atomic E-state index is 0.226. The van der Waals surface area contributed by atoms with Crippen LogP contribution in [-0.4, -0.2) is 38.5 Å². The second-order valence-electron chi connectivity index (χ2n) is 7.05. The number of hydrogen-bond donors (Lipinski definition) is 1. The molecule has 0 unspecified atom stereocenters. The minimum atomic E-state index is 0.226. The Labute approximate surface area is 128 Å². The largest absolute Gasteiger partial charge is 0.383 e. The van der Waals surface area contributed by atoms with E-state index < -0.39 is 0 Å². The molecule has 0 radical (unpaired) electrons. The molecule has 1 aromatic carbocycles. The van der Waals surface area contributed by atoms with E-state index in [1.54, 1.807) is 7.11 Å². The monoisotopic (exact) mass is 289 g/mol. The lowest BCUT2D eigenvalue weighted by Gasteiger charge is -2.55. The third kappa shape index (κ3) is 2.87. The van der Waals surface area contributed by atoms with E-state index in [0.717, 1.165) is 19.6 Å². The van der Waals surface area contributed by atoms with E-state index in [-0.39, 0.29) is 5.41 Å². The maximum atomic E-state index is 5.89. The van der Waals surface area contributed by atoms with E-state index in [2.05, 4.69) is 49.5 Å². The Kier molecular flexibility index (Phi) is 4.34. The van der Waals surface area contributed by atoms with E-state index in [9.17, 15) is 0 Å². The summed E-state index contributed by atoms with van der Waals surface area (Å²) in [6.07, 6.45) is 2.64. The molecular formula is C18H27NO2. The zero-order chi connectivity index (χ0) is 14.9. The number of nitrogens with one attached hydrogen (secondary N) is 1. The van der Waals surface area contributed by atoms with Gasteiger partial charge < -0.3 is 14.8 Å². The van der Waals surface area contributed by atoms with Crippen LogP contribution < -0.4 is 5.32 Å². The number of hydrogen-bond acceptors (Lipinski definition) is 3. The van der Waals surface area contributed by atoms with Gasteiger partial charge in [0, 0.05) is 37.1 Å². The number of benzene rings is 1. The Morgan fingerprint density at radius 1 is 1.33 bits per heavy atom. The normalized spacial score (nSPS) is 31.5. The molecule has 21 heavy (non-hydrogen) atoms. The Morgan fingerprint density at radius 2 is 2.10 bits per heavy atom. The summed E-state index contributed by atoms with van der Waals surface area (Å²) in [5.74, 6) is 0.676. The Morgan fingerprint density at radius 3 is 2.81 bits per heavy atom. The Balaban J connectivity index is 1.65. The first-order valence-electron chi connectivity index (χ1n) is 8.03. The Bertz CT molecular complexity index is 460. The van der Waals surface area contributed by atoms with Crippen molar-refractivity contribution in [1.82, 2.24) is 5.32 Å². The van der Waals surface area contributed by atoms with Crippen molar-refractivity contribution in [3.05, 3.63) is 35.9 Å². The van der Waals surface area contributed by atoms with Crippen LogP contribution in [0.25, 0.3) is 0 Å². The molecule has 1 aliphatic carbocycles. The third-order valence-corrected chi connectivity index (χ3v) is 5.21. The van der Waals surface area contributed by atoms with Gasteiger partial charge in [-0.25, -0.2) is 0 Å². The number of fused-ring (bicyclic) bond motifs is 1. The van der Waals surface area contributed by atoms with Crippen LogP contribution in [-0.2, 0) is 15.9 Å². The van der Waals surface area contributed by atoms with Crippen molar-refractivity contribution in [2.75, 3.05) is 20.3 Å². The summed E-state index contributed by atoms with van der Waals surface area (Å²) in [7, 11) is 1.78. The lowest BCUT2D eigenvalue weighted by atomic mass is 9.57. The van der Waals surface area contributed by atoms with Crippen LogP contribution in [0.3, 0.4) is 0 Å². The average molecular weight is 289 g/mol. The van der Waals surface area contributed by atoms with Gasteiger partial charge in [-0.1, -0.05) is 44.2 Å². The number of ether oxygens (including phenoxy) is 2. The Hall–Kier alpha value is -0.900. The highest BCUT2D eigenvalue weighted by Gasteiger charge is 2.59. The molecule has 1 saturated carbocycles. The maximum absolute atomic E-state index is 5.89. The fourth-order valence-electron chi connectivity index (χ4n) is 4.18. The lowest BCUT2D eigenvalue weighted by molar-refractivity contribution is -0.117. The van der Waals surface area contributed by atoms with Crippen molar-refractivity contribution in [2.24, 2.45) is 11.3 Å². The second-order valence-corrected chi connectivity index (χ2v) is 7.05. The molecule has 1 heterocycles. The van der Waals surface area contributed by atoms with Gasteiger partial charge in [0.2, 0.25) is 0 Å². The van der Waals surface area contributed by atoms with Gasteiger partial charge in [-0.15, -0.1) is 0 Å². The first kappa shape index (κ1) is 15.0. The molecule has 2 fully saturated rings. The van der Waals surface area contributed by atoms with Crippen molar-refractivity contribution < 1.29 is 9.47 Å². The van der Waals surface area contributed by atoms with Crippen molar-refractivity contribution >= 4 is 0 Å². The topological polar surface area (TPSA) is 30.5 Å². The molecule has 3 nitrogen and oxygen atoms in total. The zero-order valence-electron chi connectivity index (χ0n) is 13.3. The molecule has 0 aromatic heterocycles. The van der Waals surface area contributed by atoms with Crippen LogP contribution in [0.5, 0.6) is 0 Å². The van der Waals surface area contributed by atoms with Gasteiger partial charge in [-0.2, -0.15) is 0 Å². The van der Waals surface area contributed by atoms with Gasteiger partial charge in [-0.05, 0) is 18.4 Å². The molecule has 0 amide bonds. The molecule has 1 N–H and O–H groups in total. The minimum Gasteiger partial charge on any atom is -0.383 e. The quantitative estimate of drug-likeness (QED) is 0.873. The second kappa shape index (κ2) is 6.07. The molecular weight excluding hydrogens is 262 g/mol. The summed E-state index contributed by atoms with van der Waals surface area (Å²) in [6, 6.07) is 11.6. The molecule has 1 aromatic rings. The predicted molar refractivity (Wildman–Crippen MR) is 84.4 cm³/mol. The standard InChI is InChI=1S/C18H27NO2/c1-18(2)16(15-9-10-21-17(15)18)19-14(12-20-3)11-13-7-5-4-6-8-13/h4-8,14-17,19H,9-12H2,1-3H3/t14-,15-,16+,17-/m0/s1. The van der Waals surface area contributed by atoms with E-state index in [1.165, 1.54) is 12.0 Å². The lowest BCUT2D eigenvalue weighted by Crippen LogP contribution is -2.67. The highest BCUT2D eigenvalue weighted by Crippen LogP contribution is 2.52. The molecule has 0 spiro atoms. The van der Waals surface area contributed by atoms with Crippen LogP contribution in [0.4, 0.5) is 0 Å². The smallest absolute Gasteiger partial charge is 0.0685 e. The fraction of sp³-hybridized carbons (Fsp3) is 0.667. The first-order chi connectivity index (χ1) is 10.1. The number of rotatable bonds is 6. The van der Waals surface area contributed by atoms with E-state index in [1.807, 2.05) is 0 Å². The number of methoxy groups -OCH3 is 1. The van der Waals surface area contributed by atoms with E-state index in [0.29, 0.717) is 24.1 Å². The van der Waals surface area contributed by atoms with Gasteiger partial charge in [-0.3, -0.25) is 0 Å². The molecule has 3 rings (SSSR count). The third-order valence-electron chi connectivity index (χ3n) is 5.21. The molecule has 3 heteroatoms. The van der Waals surface area contributed by atoms with E-state index in [4.69, 9.17) is 9.47 Å². The molecule has 0 bridgehead atoms. The van der Waals surface area contributed by atoms with Crippen LogP contribution in [0, 0.1) is 11.3 Å². The predicted octanol–water partition coefficient (Wildman–Crippen LogP) is 2.65. The summed E-state index contributed by atoms with van der Waals surface area (Å²) in [5, 5.41) is 3.86. The molecule has 1 saturated heterocycles. The van der Waals surface area contributed by atoms with Crippen LogP contribution in [0.2, 0.25) is 0 Å². The van der Waals surface area contributed by atoms with E-state index >= 15 is 0 Å². The molecule has 2 aliphatic rings. The van der Waals surface area contributed by atoms with Gasteiger partial charge in [0.05, 0.1) is 12.7 Å². The first-order valence-corrected chi connectivity index (χ1v) is 8.03. The van der Waals surface area contributed by atoms with Crippen LogP contribution in [0.1, 0.15) is 25.8 Å². The molecule has 116 valence electrons. The van der Waals surface area contributed by atoms with Gasteiger partial charge in [0.25, 0.3) is 0 Å².